The van der Waals surface area contributed by atoms with Crippen molar-refractivity contribution in [3.8, 4) is 0 Å². The third kappa shape index (κ3) is 3.34. The van der Waals surface area contributed by atoms with E-state index < -0.39 is 0 Å². The number of nitrogens with zero attached hydrogens (tertiary/aromatic N) is 2. The van der Waals surface area contributed by atoms with Crippen molar-refractivity contribution >= 4 is 23.2 Å². The van der Waals surface area contributed by atoms with E-state index in [0.717, 1.165) is 42.1 Å². The highest BCUT2D eigenvalue weighted by Gasteiger charge is 2.25. The van der Waals surface area contributed by atoms with Gasteiger partial charge in [0.2, 0.25) is 0 Å². The highest BCUT2D eigenvalue weighted by atomic mass is 35.5. The number of hydrogen-bond acceptors (Lipinski definition) is 2. The highest BCUT2D eigenvalue weighted by molar-refractivity contribution is 6.34. The molecule has 2 nitrogen and oxygen atoms in total. The van der Waals surface area contributed by atoms with Gasteiger partial charge >= 0.3 is 0 Å². The molecule has 2 rings (SSSR count). The summed E-state index contributed by atoms with van der Waals surface area (Å²) in [6.45, 7) is 7.79. The molecule has 1 atom stereocenters. The minimum atomic E-state index is 0.459. The Bertz CT molecular complexity index is 393. The van der Waals surface area contributed by atoms with Crippen LogP contribution in [-0.2, 0) is 6.54 Å². The maximum absolute atomic E-state index is 6.16. The van der Waals surface area contributed by atoms with Crippen LogP contribution < -0.4 is 0 Å². The molecule has 4 heteroatoms. The van der Waals surface area contributed by atoms with Gasteiger partial charge in [0.05, 0.1) is 0 Å². The van der Waals surface area contributed by atoms with Crippen LogP contribution in [0.5, 0.6) is 0 Å². The highest BCUT2D eigenvalue weighted by Crippen LogP contribution is 2.27. The lowest BCUT2D eigenvalue weighted by Gasteiger charge is -2.18. The molecule has 0 aliphatic carbocycles. The van der Waals surface area contributed by atoms with Gasteiger partial charge < -0.3 is 0 Å². The first kappa shape index (κ1) is 13.1. The van der Waals surface area contributed by atoms with Crippen molar-refractivity contribution in [2.75, 3.05) is 13.1 Å². The van der Waals surface area contributed by atoms with Gasteiger partial charge in [0.1, 0.15) is 5.15 Å². The molecule has 0 saturated carbocycles. The zero-order chi connectivity index (χ0) is 12.4. The molecule has 1 aromatic rings. The first-order valence-electron chi connectivity index (χ1n) is 6.08. The molecule has 94 valence electrons. The number of hydrogen-bond donors (Lipinski definition) is 0. The summed E-state index contributed by atoms with van der Waals surface area (Å²) in [5.74, 6) is 1.58. The van der Waals surface area contributed by atoms with Crippen LogP contribution in [0, 0.1) is 11.8 Å². The van der Waals surface area contributed by atoms with E-state index in [1.54, 1.807) is 12.3 Å². The average Bonchev–Trinajstić information content (AvgIpc) is 2.71. The number of likely N-dealkylation sites (tertiary alicyclic amines) is 1. The second-order valence-electron chi connectivity index (χ2n) is 5.13. The Kier molecular flexibility index (Phi) is 4.29. The fourth-order valence-corrected chi connectivity index (χ4v) is 2.77. The molecule has 0 spiro atoms. The molecule has 17 heavy (non-hydrogen) atoms. The first-order valence-corrected chi connectivity index (χ1v) is 6.84. The smallest absolute Gasteiger partial charge is 0.130 e. The molecule has 1 aromatic heterocycles. The summed E-state index contributed by atoms with van der Waals surface area (Å²) in [7, 11) is 0. The Hall–Kier alpha value is -0.310. The largest absolute Gasteiger partial charge is 0.299 e. The van der Waals surface area contributed by atoms with E-state index in [9.17, 15) is 0 Å². The van der Waals surface area contributed by atoms with Gasteiger partial charge in [-0.25, -0.2) is 4.98 Å². The topological polar surface area (TPSA) is 16.1 Å². The van der Waals surface area contributed by atoms with E-state index in [-0.39, 0.29) is 0 Å². The SMILES string of the molecule is CC(C)C1CCN(Cc2cnc(Cl)cc2Cl)C1. The van der Waals surface area contributed by atoms with Crippen molar-refractivity contribution in [2.45, 2.75) is 26.8 Å². The van der Waals surface area contributed by atoms with Gasteiger partial charge in [0.25, 0.3) is 0 Å². The summed E-state index contributed by atoms with van der Waals surface area (Å²) >= 11 is 11.9. The molecule has 1 saturated heterocycles. The van der Waals surface area contributed by atoms with Crippen LogP contribution in [0.1, 0.15) is 25.8 Å². The Morgan fingerprint density at radius 3 is 2.82 bits per heavy atom. The lowest BCUT2D eigenvalue weighted by atomic mass is 9.95. The summed E-state index contributed by atoms with van der Waals surface area (Å²) in [5.41, 5.74) is 1.07. The maximum atomic E-state index is 6.16. The van der Waals surface area contributed by atoms with Gasteiger partial charge in [0, 0.05) is 29.9 Å². The minimum Gasteiger partial charge on any atom is -0.299 e. The molecule has 0 radical (unpaired) electrons. The quantitative estimate of drug-likeness (QED) is 0.777. The van der Waals surface area contributed by atoms with Gasteiger partial charge in [-0.15, -0.1) is 0 Å². The average molecular weight is 273 g/mol. The zero-order valence-electron chi connectivity index (χ0n) is 10.3. The van der Waals surface area contributed by atoms with Crippen molar-refractivity contribution in [1.29, 1.82) is 0 Å². The second kappa shape index (κ2) is 5.55. The van der Waals surface area contributed by atoms with Gasteiger partial charge in [-0.05, 0) is 30.9 Å². The molecule has 0 N–H and O–H groups in total. The molecule has 1 aliphatic heterocycles. The monoisotopic (exact) mass is 272 g/mol. The number of halogens is 2. The summed E-state index contributed by atoms with van der Waals surface area (Å²) in [6, 6.07) is 1.72. The Balaban J connectivity index is 1.98. The summed E-state index contributed by atoms with van der Waals surface area (Å²) in [4.78, 5) is 6.54. The fraction of sp³-hybridized carbons (Fsp3) is 0.615. The maximum Gasteiger partial charge on any atom is 0.130 e. The minimum absolute atomic E-state index is 0.459. The Labute approximate surface area is 113 Å². The molecule has 1 unspecified atom stereocenters. The van der Waals surface area contributed by atoms with Crippen LogP contribution in [0.3, 0.4) is 0 Å². The van der Waals surface area contributed by atoms with Crippen LogP contribution in [-0.4, -0.2) is 23.0 Å². The van der Waals surface area contributed by atoms with Crippen LogP contribution in [0.15, 0.2) is 12.3 Å². The summed E-state index contributed by atoms with van der Waals surface area (Å²) < 4.78 is 0. The number of aromatic nitrogens is 1. The second-order valence-corrected chi connectivity index (χ2v) is 5.92. The Morgan fingerprint density at radius 1 is 1.47 bits per heavy atom. The van der Waals surface area contributed by atoms with E-state index in [1.807, 2.05) is 0 Å². The van der Waals surface area contributed by atoms with Crippen molar-refractivity contribution in [3.05, 3.63) is 28.0 Å². The van der Waals surface area contributed by atoms with E-state index in [4.69, 9.17) is 23.2 Å². The molecule has 0 amide bonds. The summed E-state index contributed by atoms with van der Waals surface area (Å²) in [6.07, 6.45) is 3.07. The molecule has 1 aliphatic rings. The standard InChI is InChI=1S/C13H18Cl2N2/c1-9(2)10-3-4-17(7-10)8-11-6-16-13(15)5-12(11)14/h5-6,9-10H,3-4,7-8H2,1-2H3. The van der Waals surface area contributed by atoms with Gasteiger partial charge in [-0.3, -0.25) is 4.90 Å². The normalized spacial score (nSPS) is 21.4. The molecule has 1 fully saturated rings. The van der Waals surface area contributed by atoms with Gasteiger partial charge in [0.15, 0.2) is 0 Å². The lowest BCUT2D eigenvalue weighted by Crippen LogP contribution is -2.21. The number of rotatable bonds is 3. The number of pyridine rings is 1. The van der Waals surface area contributed by atoms with Gasteiger partial charge in [-0.2, -0.15) is 0 Å². The zero-order valence-corrected chi connectivity index (χ0v) is 11.8. The molecule has 0 aromatic carbocycles. The van der Waals surface area contributed by atoms with E-state index in [0.29, 0.717) is 5.15 Å². The van der Waals surface area contributed by atoms with E-state index >= 15 is 0 Å². The van der Waals surface area contributed by atoms with Crippen LogP contribution in [0.2, 0.25) is 10.2 Å². The van der Waals surface area contributed by atoms with Crippen molar-refractivity contribution in [3.63, 3.8) is 0 Å². The third-order valence-electron chi connectivity index (χ3n) is 3.54. The van der Waals surface area contributed by atoms with Crippen LogP contribution in [0.4, 0.5) is 0 Å². The lowest BCUT2D eigenvalue weighted by molar-refractivity contribution is 0.296. The van der Waals surface area contributed by atoms with Crippen molar-refractivity contribution in [1.82, 2.24) is 9.88 Å². The predicted octanol–water partition coefficient (Wildman–Crippen LogP) is 3.87. The fourth-order valence-electron chi connectivity index (χ4n) is 2.34. The predicted molar refractivity (Wildman–Crippen MR) is 72.5 cm³/mol. The van der Waals surface area contributed by atoms with Crippen molar-refractivity contribution < 1.29 is 0 Å². The first-order chi connectivity index (χ1) is 8.06. The molecular formula is C13H18Cl2N2. The van der Waals surface area contributed by atoms with Crippen LogP contribution >= 0.6 is 23.2 Å². The third-order valence-corrected chi connectivity index (χ3v) is 4.10. The van der Waals surface area contributed by atoms with Gasteiger partial charge in [-0.1, -0.05) is 37.0 Å². The summed E-state index contributed by atoms with van der Waals surface area (Å²) in [5, 5.41) is 1.18. The Morgan fingerprint density at radius 2 is 2.24 bits per heavy atom. The molecule has 0 bridgehead atoms. The van der Waals surface area contributed by atoms with Crippen LogP contribution in [0.25, 0.3) is 0 Å². The molecule has 2 heterocycles. The van der Waals surface area contributed by atoms with Crippen molar-refractivity contribution in [2.24, 2.45) is 11.8 Å². The van der Waals surface area contributed by atoms with E-state index in [1.165, 1.54) is 6.42 Å². The van der Waals surface area contributed by atoms with E-state index in [2.05, 4.69) is 23.7 Å². The molecular weight excluding hydrogens is 255 g/mol.